The van der Waals surface area contributed by atoms with Crippen LogP contribution in [-0.2, 0) is 13.2 Å². The maximum absolute atomic E-state index is 12.8. The smallest absolute Gasteiger partial charge is 0.416 e. The van der Waals surface area contributed by atoms with Crippen LogP contribution in [0.3, 0.4) is 0 Å². The van der Waals surface area contributed by atoms with Gasteiger partial charge < -0.3 is 15.5 Å². The van der Waals surface area contributed by atoms with Gasteiger partial charge in [0.15, 0.2) is 11.3 Å². The van der Waals surface area contributed by atoms with Crippen LogP contribution in [0.15, 0.2) is 18.2 Å². The molecule has 0 spiro atoms. The van der Waals surface area contributed by atoms with Crippen molar-refractivity contribution in [2.75, 3.05) is 11.9 Å². The minimum atomic E-state index is -4.55. The second-order valence-corrected chi connectivity index (χ2v) is 6.30. The number of phenols is 1. The van der Waals surface area contributed by atoms with E-state index >= 15 is 0 Å². The summed E-state index contributed by atoms with van der Waals surface area (Å²) in [7, 11) is 1.70. The van der Waals surface area contributed by atoms with Crippen molar-refractivity contribution < 1.29 is 23.4 Å². The molecule has 3 N–H and O–H groups in total. The summed E-state index contributed by atoms with van der Waals surface area (Å²) in [4.78, 5) is 0. The molecule has 27 heavy (non-hydrogen) atoms. The SMILES string of the molecule is Cc1c(-c2ccc(C(F)(F)F)cc2O)nnc2c(NCC(C)O)nn(C)c12. The summed E-state index contributed by atoms with van der Waals surface area (Å²) in [5.41, 5.74) is 1.15. The third-order valence-corrected chi connectivity index (χ3v) is 4.13. The molecule has 2 aromatic heterocycles. The molecule has 0 amide bonds. The van der Waals surface area contributed by atoms with E-state index in [4.69, 9.17) is 0 Å². The molecule has 0 saturated heterocycles. The molecular formula is C17H18F3N5O2. The summed E-state index contributed by atoms with van der Waals surface area (Å²) in [6, 6.07) is 2.72. The molecule has 144 valence electrons. The van der Waals surface area contributed by atoms with E-state index in [9.17, 15) is 23.4 Å². The summed E-state index contributed by atoms with van der Waals surface area (Å²) in [6.45, 7) is 3.62. The van der Waals surface area contributed by atoms with Crippen molar-refractivity contribution in [1.29, 1.82) is 0 Å². The zero-order valence-electron chi connectivity index (χ0n) is 14.8. The minimum absolute atomic E-state index is 0.148. The van der Waals surface area contributed by atoms with Crippen LogP contribution in [0.5, 0.6) is 5.75 Å². The van der Waals surface area contributed by atoms with Gasteiger partial charge >= 0.3 is 6.18 Å². The van der Waals surface area contributed by atoms with E-state index in [1.807, 2.05) is 0 Å². The van der Waals surface area contributed by atoms with Gasteiger partial charge in [0.2, 0.25) is 0 Å². The maximum Gasteiger partial charge on any atom is 0.416 e. The fourth-order valence-corrected chi connectivity index (χ4v) is 2.84. The Bertz CT molecular complexity index is 998. The Kier molecular flexibility index (Phi) is 4.68. The van der Waals surface area contributed by atoms with Crippen molar-refractivity contribution in [3.63, 3.8) is 0 Å². The fourth-order valence-electron chi connectivity index (χ4n) is 2.84. The number of hydrogen-bond donors (Lipinski definition) is 3. The van der Waals surface area contributed by atoms with E-state index < -0.39 is 23.6 Å². The van der Waals surface area contributed by atoms with Gasteiger partial charge in [-0.1, -0.05) is 0 Å². The van der Waals surface area contributed by atoms with Gasteiger partial charge in [0.1, 0.15) is 11.4 Å². The summed E-state index contributed by atoms with van der Waals surface area (Å²) >= 11 is 0. The monoisotopic (exact) mass is 381 g/mol. The Morgan fingerprint density at radius 2 is 1.96 bits per heavy atom. The lowest BCUT2D eigenvalue weighted by Gasteiger charge is -2.11. The lowest BCUT2D eigenvalue weighted by atomic mass is 10.0. The van der Waals surface area contributed by atoms with Crippen molar-refractivity contribution in [2.45, 2.75) is 26.1 Å². The molecule has 0 aliphatic carbocycles. The Balaban J connectivity index is 2.09. The second kappa shape index (κ2) is 6.69. The van der Waals surface area contributed by atoms with E-state index in [2.05, 4.69) is 20.6 Å². The number of aromatic hydroxyl groups is 1. The number of phenolic OH excluding ortho intramolecular Hbond substituents is 1. The van der Waals surface area contributed by atoms with Crippen molar-refractivity contribution in [1.82, 2.24) is 20.0 Å². The van der Waals surface area contributed by atoms with Gasteiger partial charge in [-0.3, -0.25) is 4.68 Å². The van der Waals surface area contributed by atoms with Crippen LogP contribution >= 0.6 is 0 Å². The van der Waals surface area contributed by atoms with Gasteiger partial charge in [0.05, 0.1) is 17.2 Å². The highest BCUT2D eigenvalue weighted by molar-refractivity contribution is 5.91. The number of nitrogens with zero attached hydrogens (tertiary/aromatic N) is 4. The highest BCUT2D eigenvalue weighted by atomic mass is 19.4. The normalized spacial score (nSPS) is 13.1. The van der Waals surface area contributed by atoms with E-state index in [-0.39, 0.29) is 17.8 Å². The topological polar surface area (TPSA) is 96.1 Å². The number of hydrogen-bond acceptors (Lipinski definition) is 6. The number of fused-ring (bicyclic) bond motifs is 1. The first-order chi connectivity index (χ1) is 12.6. The largest absolute Gasteiger partial charge is 0.507 e. The molecule has 1 atom stereocenters. The first-order valence-electron chi connectivity index (χ1n) is 8.12. The molecule has 1 aromatic carbocycles. The highest BCUT2D eigenvalue weighted by Crippen LogP contribution is 2.38. The Morgan fingerprint density at radius 3 is 2.56 bits per heavy atom. The summed E-state index contributed by atoms with van der Waals surface area (Å²) in [6.07, 6.45) is -5.13. The predicted molar refractivity (Wildman–Crippen MR) is 93.3 cm³/mol. The average molecular weight is 381 g/mol. The number of aromatic nitrogens is 4. The Morgan fingerprint density at radius 1 is 1.26 bits per heavy atom. The van der Waals surface area contributed by atoms with Crippen molar-refractivity contribution in [3.8, 4) is 17.0 Å². The van der Waals surface area contributed by atoms with E-state index in [0.717, 1.165) is 6.07 Å². The molecular weight excluding hydrogens is 363 g/mol. The van der Waals surface area contributed by atoms with Crippen LogP contribution in [0, 0.1) is 6.92 Å². The van der Waals surface area contributed by atoms with E-state index in [1.165, 1.54) is 6.07 Å². The number of alkyl halides is 3. The molecule has 2 heterocycles. The molecule has 7 nitrogen and oxygen atoms in total. The van der Waals surface area contributed by atoms with Gasteiger partial charge in [-0.15, -0.1) is 10.2 Å². The molecule has 0 bridgehead atoms. The van der Waals surface area contributed by atoms with Crippen LogP contribution in [0.2, 0.25) is 0 Å². The lowest BCUT2D eigenvalue weighted by molar-refractivity contribution is -0.137. The number of benzene rings is 1. The van der Waals surface area contributed by atoms with Crippen molar-refractivity contribution >= 4 is 16.9 Å². The van der Waals surface area contributed by atoms with Crippen LogP contribution in [-0.4, -0.2) is 42.8 Å². The predicted octanol–water partition coefficient (Wildman–Crippen LogP) is 2.86. The third-order valence-electron chi connectivity index (χ3n) is 4.13. The molecule has 0 aliphatic rings. The van der Waals surface area contributed by atoms with E-state index in [1.54, 1.807) is 25.6 Å². The minimum Gasteiger partial charge on any atom is -0.507 e. The number of halogens is 3. The number of nitrogens with one attached hydrogen (secondary N) is 1. The van der Waals surface area contributed by atoms with Crippen LogP contribution < -0.4 is 5.32 Å². The van der Waals surface area contributed by atoms with Crippen LogP contribution in [0.1, 0.15) is 18.1 Å². The van der Waals surface area contributed by atoms with Gasteiger partial charge in [-0.05, 0) is 32.0 Å². The molecule has 10 heteroatoms. The van der Waals surface area contributed by atoms with Crippen molar-refractivity contribution in [3.05, 3.63) is 29.3 Å². The van der Waals surface area contributed by atoms with Crippen LogP contribution in [0.4, 0.5) is 19.0 Å². The molecule has 3 aromatic rings. The van der Waals surface area contributed by atoms with Gasteiger partial charge in [-0.25, -0.2) is 0 Å². The third kappa shape index (κ3) is 3.52. The molecule has 1 unspecified atom stereocenters. The Hall–Kier alpha value is -2.88. The summed E-state index contributed by atoms with van der Waals surface area (Å²) in [5.74, 6) is -0.0941. The zero-order valence-corrected chi connectivity index (χ0v) is 14.8. The van der Waals surface area contributed by atoms with Gasteiger partial charge in [-0.2, -0.15) is 18.3 Å². The fraction of sp³-hybridized carbons (Fsp3) is 0.353. The van der Waals surface area contributed by atoms with E-state index in [0.29, 0.717) is 28.5 Å². The molecule has 3 rings (SSSR count). The Labute approximate surface area is 152 Å². The molecule has 0 fully saturated rings. The summed E-state index contributed by atoms with van der Waals surface area (Å²) in [5, 5.41) is 35.0. The number of aliphatic hydroxyl groups excluding tert-OH is 1. The standard InChI is InChI=1S/C17H18F3N5O2/c1-8(26)7-21-16-14-15(25(3)24-16)9(2)13(22-23-14)11-5-4-10(6-12(11)27)17(18,19)20/h4-6,8,26-27H,7H2,1-3H3,(H,21,24). The highest BCUT2D eigenvalue weighted by Gasteiger charge is 2.31. The molecule has 0 saturated carbocycles. The van der Waals surface area contributed by atoms with Crippen molar-refractivity contribution in [2.24, 2.45) is 7.05 Å². The first-order valence-corrected chi connectivity index (χ1v) is 8.12. The maximum atomic E-state index is 12.8. The zero-order chi connectivity index (χ0) is 19.9. The van der Waals surface area contributed by atoms with Gasteiger partial charge in [0.25, 0.3) is 0 Å². The number of aliphatic hydroxyl groups is 1. The first kappa shape index (κ1) is 18.9. The molecule has 0 radical (unpaired) electrons. The quantitative estimate of drug-likeness (QED) is 0.643. The summed E-state index contributed by atoms with van der Waals surface area (Å²) < 4.78 is 40.0. The second-order valence-electron chi connectivity index (χ2n) is 6.30. The number of aryl methyl sites for hydroxylation is 2. The van der Waals surface area contributed by atoms with Crippen LogP contribution in [0.25, 0.3) is 22.3 Å². The number of rotatable bonds is 4. The number of anilines is 1. The van der Waals surface area contributed by atoms with Gasteiger partial charge in [0, 0.05) is 24.7 Å². The lowest BCUT2D eigenvalue weighted by Crippen LogP contribution is -2.15. The molecule has 0 aliphatic heterocycles. The average Bonchev–Trinajstić information content (AvgIpc) is 2.89.